The Hall–Kier alpha value is -3.66. The Kier molecular flexibility index (Phi) is 6.57. The number of hydrogen-bond acceptors (Lipinski definition) is 5. The molecule has 0 unspecified atom stereocenters. The Morgan fingerprint density at radius 3 is 2.65 bits per heavy atom. The molecule has 0 bridgehead atoms. The summed E-state index contributed by atoms with van der Waals surface area (Å²) in [5.41, 5.74) is 4.97. The van der Waals surface area contributed by atoms with Crippen LogP contribution in [0.4, 0.5) is 0 Å². The van der Waals surface area contributed by atoms with Gasteiger partial charge in [-0.2, -0.15) is 0 Å². The predicted molar refractivity (Wildman–Crippen MR) is 136 cm³/mol. The number of thiophene rings is 1. The zero-order valence-electron chi connectivity index (χ0n) is 19.0. The fraction of sp³-hybridized carbons (Fsp3) is 0.214. The van der Waals surface area contributed by atoms with Gasteiger partial charge >= 0.3 is 0 Å². The zero-order chi connectivity index (χ0) is 23.3. The van der Waals surface area contributed by atoms with E-state index < -0.39 is 0 Å². The van der Waals surface area contributed by atoms with Crippen LogP contribution in [0.1, 0.15) is 22.4 Å². The molecule has 1 aliphatic rings. The van der Waals surface area contributed by atoms with Crippen molar-refractivity contribution in [2.45, 2.75) is 19.5 Å². The first-order chi connectivity index (χ1) is 16.7. The molecule has 3 heterocycles. The van der Waals surface area contributed by atoms with Crippen LogP contribution < -0.4 is 10.3 Å². The molecule has 6 heteroatoms. The van der Waals surface area contributed by atoms with Gasteiger partial charge < -0.3 is 4.74 Å². The average Bonchev–Trinajstić information content (AvgIpc) is 3.42. The Balaban J connectivity index is 1.27. The van der Waals surface area contributed by atoms with Crippen molar-refractivity contribution < 1.29 is 4.74 Å². The summed E-state index contributed by atoms with van der Waals surface area (Å²) in [4.78, 5) is 21.3. The second-order valence-corrected chi connectivity index (χ2v) is 9.22. The van der Waals surface area contributed by atoms with Gasteiger partial charge in [-0.05, 0) is 46.8 Å². The molecule has 1 aliphatic heterocycles. The van der Waals surface area contributed by atoms with Crippen molar-refractivity contribution in [3.63, 3.8) is 0 Å². The maximum absolute atomic E-state index is 13.2. The van der Waals surface area contributed by atoms with Crippen LogP contribution in [0, 0.1) is 11.8 Å². The van der Waals surface area contributed by atoms with Gasteiger partial charge in [-0.25, -0.2) is 4.98 Å². The van der Waals surface area contributed by atoms with Crippen LogP contribution in [0.3, 0.4) is 0 Å². The van der Waals surface area contributed by atoms with E-state index in [1.807, 2.05) is 24.3 Å². The number of benzene rings is 2. The highest BCUT2D eigenvalue weighted by molar-refractivity contribution is 7.13. The van der Waals surface area contributed by atoms with Gasteiger partial charge in [0.1, 0.15) is 5.75 Å². The van der Waals surface area contributed by atoms with Gasteiger partial charge in [0.25, 0.3) is 5.56 Å². The first-order valence-corrected chi connectivity index (χ1v) is 12.1. The van der Waals surface area contributed by atoms with Crippen LogP contribution in [0.5, 0.6) is 5.75 Å². The van der Waals surface area contributed by atoms with E-state index in [1.165, 1.54) is 10.4 Å². The lowest BCUT2D eigenvalue weighted by atomic mass is 10.1. The quantitative estimate of drug-likeness (QED) is 0.407. The average molecular weight is 468 g/mol. The second-order valence-electron chi connectivity index (χ2n) is 8.27. The minimum absolute atomic E-state index is 0.0418. The van der Waals surface area contributed by atoms with Crippen molar-refractivity contribution in [1.29, 1.82) is 0 Å². The van der Waals surface area contributed by atoms with Crippen molar-refractivity contribution in [1.82, 2.24) is 14.5 Å². The van der Waals surface area contributed by atoms with Gasteiger partial charge in [0.05, 0.1) is 37.8 Å². The minimum atomic E-state index is 0.0418. The third kappa shape index (κ3) is 4.96. The fourth-order valence-corrected chi connectivity index (χ4v) is 4.83. The highest BCUT2D eigenvalue weighted by Gasteiger charge is 2.20. The first-order valence-electron chi connectivity index (χ1n) is 11.2. The molecular weight excluding hydrogens is 442 g/mol. The molecule has 2 aromatic carbocycles. The van der Waals surface area contributed by atoms with Crippen molar-refractivity contribution >= 4 is 11.3 Å². The molecule has 0 saturated carbocycles. The molecule has 170 valence electrons. The Morgan fingerprint density at radius 2 is 1.91 bits per heavy atom. The molecule has 0 spiro atoms. The van der Waals surface area contributed by atoms with Crippen molar-refractivity contribution in [2.75, 3.05) is 20.2 Å². The van der Waals surface area contributed by atoms with Crippen LogP contribution in [0.15, 0.2) is 77.2 Å². The van der Waals surface area contributed by atoms with Crippen molar-refractivity contribution in [3.8, 4) is 28.0 Å². The van der Waals surface area contributed by atoms with Gasteiger partial charge in [0, 0.05) is 30.0 Å². The lowest BCUT2D eigenvalue weighted by molar-refractivity contribution is 0.280. The molecule has 0 saturated heterocycles. The molecule has 2 aromatic heterocycles. The fourth-order valence-electron chi connectivity index (χ4n) is 4.10. The zero-order valence-corrected chi connectivity index (χ0v) is 19.8. The molecule has 0 N–H and O–H groups in total. The normalized spacial score (nSPS) is 13.1. The Morgan fingerprint density at radius 1 is 1.09 bits per heavy atom. The summed E-state index contributed by atoms with van der Waals surface area (Å²) < 4.78 is 6.90. The summed E-state index contributed by atoms with van der Waals surface area (Å²) in [5, 5.41) is 2.08. The van der Waals surface area contributed by atoms with E-state index in [1.54, 1.807) is 29.3 Å². The van der Waals surface area contributed by atoms with E-state index in [9.17, 15) is 4.79 Å². The van der Waals surface area contributed by atoms with E-state index in [4.69, 9.17) is 4.74 Å². The third-order valence-electron chi connectivity index (χ3n) is 6.00. The number of hydrogen-bond donors (Lipinski definition) is 0. The second kappa shape index (κ2) is 10.1. The van der Waals surface area contributed by atoms with Crippen LogP contribution in [0.25, 0.3) is 10.4 Å². The van der Waals surface area contributed by atoms with Crippen LogP contribution >= 0.6 is 11.3 Å². The van der Waals surface area contributed by atoms with Gasteiger partial charge in [-0.15, -0.1) is 11.3 Å². The minimum Gasteiger partial charge on any atom is -0.497 e. The number of methoxy groups -OCH3 is 1. The van der Waals surface area contributed by atoms with Crippen LogP contribution in [-0.2, 0) is 19.5 Å². The first kappa shape index (κ1) is 22.1. The lowest BCUT2D eigenvalue weighted by Gasteiger charge is -2.26. The van der Waals surface area contributed by atoms with E-state index >= 15 is 0 Å². The smallest absolute Gasteiger partial charge is 0.258 e. The molecule has 0 radical (unpaired) electrons. The van der Waals surface area contributed by atoms with Crippen molar-refractivity contribution in [3.05, 3.63) is 105 Å². The summed E-state index contributed by atoms with van der Waals surface area (Å²) in [6, 6.07) is 20.3. The van der Waals surface area contributed by atoms with Crippen LogP contribution in [0.2, 0.25) is 0 Å². The van der Waals surface area contributed by atoms with Gasteiger partial charge in [-0.1, -0.05) is 42.2 Å². The maximum atomic E-state index is 13.2. The van der Waals surface area contributed by atoms with Crippen LogP contribution in [-0.4, -0.2) is 34.7 Å². The summed E-state index contributed by atoms with van der Waals surface area (Å²) >= 11 is 1.73. The number of ether oxygens (including phenoxy) is 1. The Bertz CT molecular complexity index is 1380. The lowest BCUT2D eigenvalue weighted by Crippen LogP contribution is -2.38. The molecule has 0 fully saturated rings. The predicted octanol–water partition coefficient (Wildman–Crippen LogP) is 4.44. The standard InChI is InChI=1S/C28H25N3O2S/c1-33-24-12-8-21(9-13-24)4-2-15-30-16-14-26-25(19-30)28(32)31(20-29-26)18-22-6-10-23(11-7-22)27-5-3-17-34-27/h3,5-13,17,20H,14-16,18-19H2,1H3. The molecule has 0 aliphatic carbocycles. The topological polar surface area (TPSA) is 47.4 Å². The molecular formula is C28H25N3O2S. The Labute approximate surface area is 203 Å². The van der Waals surface area contributed by atoms with E-state index in [-0.39, 0.29) is 5.56 Å². The molecule has 5 nitrogen and oxygen atoms in total. The number of rotatable bonds is 5. The van der Waals surface area contributed by atoms with E-state index in [2.05, 4.69) is 63.5 Å². The van der Waals surface area contributed by atoms with E-state index in [0.29, 0.717) is 19.6 Å². The number of fused-ring (bicyclic) bond motifs is 1. The maximum Gasteiger partial charge on any atom is 0.258 e. The van der Waals surface area contributed by atoms with Gasteiger partial charge in [0.15, 0.2) is 0 Å². The summed E-state index contributed by atoms with van der Waals surface area (Å²) in [6.07, 6.45) is 2.46. The molecule has 4 aromatic rings. The SMILES string of the molecule is COc1ccc(C#CCN2CCc3ncn(Cc4ccc(-c5cccs5)cc4)c(=O)c3C2)cc1. The monoisotopic (exact) mass is 467 g/mol. The molecule has 0 atom stereocenters. The number of nitrogens with zero attached hydrogens (tertiary/aromatic N) is 3. The van der Waals surface area contributed by atoms with Gasteiger partial charge in [-0.3, -0.25) is 14.3 Å². The summed E-state index contributed by atoms with van der Waals surface area (Å²) in [6.45, 7) is 2.56. The van der Waals surface area contributed by atoms with E-state index in [0.717, 1.165) is 41.1 Å². The highest BCUT2D eigenvalue weighted by Crippen LogP contribution is 2.24. The summed E-state index contributed by atoms with van der Waals surface area (Å²) in [7, 11) is 1.65. The highest BCUT2D eigenvalue weighted by atomic mass is 32.1. The summed E-state index contributed by atoms with van der Waals surface area (Å²) in [5.74, 6) is 7.25. The molecule has 0 amide bonds. The molecule has 34 heavy (non-hydrogen) atoms. The largest absolute Gasteiger partial charge is 0.497 e. The molecule has 5 rings (SSSR count). The number of aromatic nitrogens is 2. The third-order valence-corrected chi connectivity index (χ3v) is 6.92. The van der Waals surface area contributed by atoms with Gasteiger partial charge in [0.2, 0.25) is 0 Å². The van der Waals surface area contributed by atoms with Crippen molar-refractivity contribution in [2.24, 2.45) is 0 Å².